The summed E-state index contributed by atoms with van der Waals surface area (Å²) in [5, 5.41) is 3.54. The molecule has 0 aromatic heterocycles. The van der Waals surface area contributed by atoms with Gasteiger partial charge in [-0.1, -0.05) is 6.92 Å². The molecule has 0 saturated heterocycles. The molecule has 1 aromatic rings. The minimum absolute atomic E-state index is 0.0519. The lowest BCUT2D eigenvalue weighted by Crippen LogP contribution is -2.21. The summed E-state index contributed by atoms with van der Waals surface area (Å²) in [4.78, 5) is 13.3. The predicted octanol–water partition coefficient (Wildman–Crippen LogP) is 2.99. The maximum atomic E-state index is 11.7. The molecule has 1 aliphatic rings. The first kappa shape index (κ1) is 12.9. The quantitative estimate of drug-likeness (QED) is 0.889. The molecule has 0 heterocycles. The van der Waals surface area contributed by atoms with Crippen LogP contribution in [0.1, 0.15) is 36.5 Å². The van der Waals surface area contributed by atoms with E-state index in [1.54, 1.807) is 19.0 Å². The molecule has 0 spiro atoms. The predicted molar refractivity (Wildman–Crippen MR) is 74.9 cm³/mol. The van der Waals surface area contributed by atoms with Crippen LogP contribution in [0.4, 0.5) is 5.69 Å². The molecule has 1 saturated carbocycles. The topological polar surface area (TPSA) is 32.3 Å². The number of anilines is 1. The van der Waals surface area contributed by atoms with Crippen LogP contribution in [0.25, 0.3) is 0 Å². The Morgan fingerprint density at radius 2 is 1.89 bits per heavy atom. The normalized spacial score (nSPS) is 22.8. The van der Waals surface area contributed by atoms with Crippen molar-refractivity contribution < 1.29 is 4.79 Å². The summed E-state index contributed by atoms with van der Waals surface area (Å²) in [5.74, 6) is 0.883. The molecule has 18 heavy (non-hydrogen) atoms. The van der Waals surface area contributed by atoms with Gasteiger partial charge in [0.15, 0.2) is 0 Å². The Labute approximate surface area is 109 Å². The van der Waals surface area contributed by atoms with Gasteiger partial charge in [0.1, 0.15) is 0 Å². The Bertz CT molecular complexity index is 411. The lowest BCUT2D eigenvalue weighted by molar-refractivity contribution is 0.0827. The second-order valence-corrected chi connectivity index (χ2v) is 5.54. The minimum atomic E-state index is 0.0519. The van der Waals surface area contributed by atoms with E-state index in [4.69, 9.17) is 0 Å². The van der Waals surface area contributed by atoms with Gasteiger partial charge in [0, 0.05) is 31.4 Å². The molecule has 0 radical (unpaired) electrons. The van der Waals surface area contributed by atoms with Gasteiger partial charge in [0.2, 0.25) is 0 Å². The first-order chi connectivity index (χ1) is 8.56. The van der Waals surface area contributed by atoms with Crippen LogP contribution in [-0.4, -0.2) is 30.9 Å². The number of rotatable bonds is 3. The standard InChI is InChI=1S/C15H22N2O/c1-11-4-7-14(10-11)16-13-8-5-12(6-9-13)15(18)17(2)3/h5-6,8-9,11,14,16H,4,7,10H2,1-3H3. The Balaban J connectivity index is 1.97. The molecule has 2 atom stereocenters. The van der Waals surface area contributed by atoms with E-state index in [-0.39, 0.29) is 5.91 Å². The number of carbonyl (C=O) groups is 1. The number of nitrogens with one attached hydrogen (secondary N) is 1. The summed E-state index contributed by atoms with van der Waals surface area (Å²) < 4.78 is 0. The fraction of sp³-hybridized carbons (Fsp3) is 0.533. The van der Waals surface area contributed by atoms with Gasteiger partial charge in [0.25, 0.3) is 5.91 Å². The zero-order valence-corrected chi connectivity index (χ0v) is 11.4. The Morgan fingerprint density at radius 3 is 2.39 bits per heavy atom. The van der Waals surface area contributed by atoms with Crippen molar-refractivity contribution >= 4 is 11.6 Å². The fourth-order valence-corrected chi connectivity index (χ4v) is 2.54. The van der Waals surface area contributed by atoms with Crippen molar-refractivity contribution in [3.63, 3.8) is 0 Å². The van der Waals surface area contributed by atoms with E-state index in [0.717, 1.165) is 17.2 Å². The molecule has 0 aliphatic heterocycles. The molecule has 1 aromatic carbocycles. The van der Waals surface area contributed by atoms with Gasteiger partial charge in [-0.3, -0.25) is 4.79 Å². The monoisotopic (exact) mass is 246 g/mol. The van der Waals surface area contributed by atoms with Crippen molar-refractivity contribution in [2.75, 3.05) is 19.4 Å². The van der Waals surface area contributed by atoms with Crippen molar-refractivity contribution in [3.8, 4) is 0 Å². The first-order valence-corrected chi connectivity index (χ1v) is 6.64. The van der Waals surface area contributed by atoms with Crippen LogP contribution < -0.4 is 5.32 Å². The molecule has 1 N–H and O–H groups in total. The highest BCUT2D eigenvalue weighted by Crippen LogP contribution is 2.27. The van der Waals surface area contributed by atoms with Crippen molar-refractivity contribution in [1.82, 2.24) is 4.90 Å². The van der Waals surface area contributed by atoms with E-state index < -0.39 is 0 Å². The Hall–Kier alpha value is -1.51. The molecule has 2 unspecified atom stereocenters. The number of hydrogen-bond donors (Lipinski definition) is 1. The summed E-state index contributed by atoms with van der Waals surface area (Å²) in [5.41, 5.74) is 1.86. The van der Waals surface area contributed by atoms with Gasteiger partial charge < -0.3 is 10.2 Å². The first-order valence-electron chi connectivity index (χ1n) is 6.64. The highest BCUT2D eigenvalue weighted by Gasteiger charge is 2.20. The highest BCUT2D eigenvalue weighted by atomic mass is 16.2. The van der Waals surface area contributed by atoms with Crippen molar-refractivity contribution in [3.05, 3.63) is 29.8 Å². The van der Waals surface area contributed by atoms with Crippen LogP contribution in [0.3, 0.4) is 0 Å². The van der Waals surface area contributed by atoms with Gasteiger partial charge in [-0.15, -0.1) is 0 Å². The van der Waals surface area contributed by atoms with Crippen molar-refractivity contribution in [2.45, 2.75) is 32.2 Å². The number of nitrogens with zero attached hydrogens (tertiary/aromatic N) is 1. The van der Waals surface area contributed by atoms with Gasteiger partial charge >= 0.3 is 0 Å². The minimum Gasteiger partial charge on any atom is -0.382 e. The summed E-state index contributed by atoms with van der Waals surface area (Å²) in [6.45, 7) is 2.31. The molecule has 3 heteroatoms. The third kappa shape index (κ3) is 3.03. The van der Waals surface area contributed by atoms with E-state index >= 15 is 0 Å². The molecule has 98 valence electrons. The van der Waals surface area contributed by atoms with E-state index in [1.807, 2.05) is 24.3 Å². The van der Waals surface area contributed by atoms with Crippen molar-refractivity contribution in [2.24, 2.45) is 5.92 Å². The molecule has 0 bridgehead atoms. The third-order valence-corrected chi connectivity index (χ3v) is 3.60. The van der Waals surface area contributed by atoms with Gasteiger partial charge in [-0.2, -0.15) is 0 Å². The number of hydrogen-bond acceptors (Lipinski definition) is 2. The third-order valence-electron chi connectivity index (χ3n) is 3.60. The largest absolute Gasteiger partial charge is 0.382 e. The van der Waals surface area contributed by atoms with E-state index in [9.17, 15) is 4.79 Å². The highest BCUT2D eigenvalue weighted by molar-refractivity contribution is 5.94. The van der Waals surface area contributed by atoms with Crippen LogP contribution >= 0.6 is 0 Å². The lowest BCUT2D eigenvalue weighted by Gasteiger charge is -2.15. The van der Waals surface area contributed by atoms with Gasteiger partial charge in [-0.05, 0) is 49.4 Å². The second-order valence-electron chi connectivity index (χ2n) is 5.54. The van der Waals surface area contributed by atoms with Crippen LogP contribution in [0.2, 0.25) is 0 Å². The molecule has 3 nitrogen and oxygen atoms in total. The van der Waals surface area contributed by atoms with E-state index in [1.165, 1.54) is 19.3 Å². The second kappa shape index (κ2) is 5.42. The smallest absolute Gasteiger partial charge is 0.253 e. The van der Waals surface area contributed by atoms with E-state index in [0.29, 0.717) is 6.04 Å². The SMILES string of the molecule is CC1CCC(Nc2ccc(C(=O)N(C)C)cc2)C1. The molecule has 1 aliphatic carbocycles. The molecule has 2 rings (SSSR count). The number of benzene rings is 1. The number of amides is 1. The zero-order chi connectivity index (χ0) is 13.1. The maximum absolute atomic E-state index is 11.7. The van der Waals surface area contributed by atoms with E-state index in [2.05, 4.69) is 12.2 Å². The van der Waals surface area contributed by atoms with Crippen LogP contribution in [-0.2, 0) is 0 Å². The van der Waals surface area contributed by atoms with Gasteiger partial charge in [0.05, 0.1) is 0 Å². The molecule has 1 fully saturated rings. The maximum Gasteiger partial charge on any atom is 0.253 e. The molecular formula is C15H22N2O. The number of carbonyl (C=O) groups excluding carboxylic acids is 1. The Kier molecular flexibility index (Phi) is 3.90. The fourth-order valence-electron chi connectivity index (χ4n) is 2.54. The Morgan fingerprint density at radius 1 is 1.22 bits per heavy atom. The average Bonchev–Trinajstić information content (AvgIpc) is 2.75. The molecular weight excluding hydrogens is 224 g/mol. The van der Waals surface area contributed by atoms with Crippen LogP contribution in [0, 0.1) is 5.92 Å². The average molecular weight is 246 g/mol. The van der Waals surface area contributed by atoms with Crippen LogP contribution in [0.5, 0.6) is 0 Å². The molecule has 1 amide bonds. The van der Waals surface area contributed by atoms with Gasteiger partial charge in [-0.25, -0.2) is 0 Å². The summed E-state index contributed by atoms with van der Waals surface area (Å²) in [7, 11) is 3.54. The van der Waals surface area contributed by atoms with Crippen molar-refractivity contribution in [1.29, 1.82) is 0 Å². The summed E-state index contributed by atoms with van der Waals surface area (Å²) in [6.07, 6.45) is 3.81. The summed E-state index contributed by atoms with van der Waals surface area (Å²) in [6, 6.07) is 8.38. The van der Waals surface area contributed by atoms with Crippen LogP contribution in [0.15, 0.2) is 24.3 Å². The lowest BCUT2D eigenvalue weighted by atomic mass is 10.1. The zero-order valence-electron chi connectivity index (χ0n) is 11.4. The summed E-state index contributed by atoms with van der Waals surface area (Å²) >= 11 is 0.